The van der Waals surface area contributed by atoms with Gasteiger partial charge >= 0.3 is 0 Å². The van der Waals surface area contributed by atoms with Gasteiger partial charge in [0, 0.05) is 29.5 Å². The van der Waals surface area contributed by atoms with Crippen LogP contribution in [0.4, 0.5) is 11.4 Å². The zero-order valence-electron chi connectivity index (χ0n) is 20.4. The minimum Gasteiger partial charge on any atom is -0.185 e. The van der Waals surface area contributed by atoms with E-state index in [2.05, 4.69) is 118 Å². The summed E-state index contributed by atoms with van der Waals surface area (Å²) < 4.78 is 5.20. The molecule has 0 atom stereocenters. The molecule has 0 bridgehead atoms. The molecule has 0 saturated carbocycles. The largest absolute Gasteiger partial charge is 0.286 e. The second-order valence-corrected chi connectivity index (χ2v) is 10.5. The van der Waals surface area contributed by atoms with Gasteiger partial charge in [0.2, 0.25) is 11.4 Å². The van der Waals surface area contributed by atoms with Crippen LogP contribution in [0.5, 0.6) is 0 Å². The van der Waals surface area contributed by atoms with Crippen LogP contribution in [0.15, 0.2) is 109 Å². The fourth-order valence-corrected chi connectivity index (χ4v) is 7.16. The first-order valence-corrected chi connectivity index (χ1v) is 13.2. The fraction of sp³-hybridized carbons (Fsp3) is 0.0857. The molecule has 6 aromatic rings. The number of benzene rings is 6. The Morgan fingerprint density at radius 2 is 0.919 bits per heavy atom. The lowest BCUT2D eigenvalue weighted by Gasteiger charge is -2.17. The highest BCUT2D eigenvalue weighted by Crippen LogP contribution is 2.41. The Balaban J connectivity index is 1.46. The molecule has 2 aliphatic heterocycles. The van der Waals surface area contributed by atoms with E-state index in [1.807, 2.05) is 0 Å². The first-order chi connectivity index (χ1) is 18.4. The zero-order chi connectivity index (χ0) is 24.1. The van der Waals surface area contributed by atoms with Crippen LogP contribution in [0.3, 0.4) is 0 Å². The lowest BCUT2D eigenvalue weighted by molar-refractivity contribution is -0.459. The first kappa shape index (κ1) is 19.6. The van der Waals surface area contributed by atoms with Crippen molar-refractivity contribution in [1.82, 2.24) is 0 Å². The number of nitrogens with zero attached hydrogens (tertiary/aromatic N) is 2. The van der Waals surface area contributed by atoms with Gasteiger partial charge in [-0.15, -0.1) is 0 Å². The van der Waals surface area contributed by atoms with Gasteiger partial charge in [-0.1, -0.05) is 84.9 Å². The predicted octanol–water partition coefficient (Wildman–Crippen LogP) is 7.50. The fourth-order valence-electron chi connectivity index (χ4n) is 7.16. The maximum Gasteiger partial charge on any atom is 0.286 e. The van der Waals surface area contributed by atoms with Crippen LogP contribution in [-0.2, 0) is 13.0 Å². The van der Waals surface area contributed by atoms with Gasteiger partial charge in [-0.25, -0.2) is 0 Å². The third-order valence-electron chi connectivity index (χ3n) is 8.63. The molecule has 0 aromatic heterocycles. The molecule has 2 heteroatoms. The van der Waals surface area contributed by atoms with Crippen molar-refractivity contribution >= 4 is 55.1 Å². The molecule has 0 fully saturated rings. The van der Waals surface area contributed by atoms with E-state index in [1.165, 1.54) is 77.4 Å². The molecule has 0 unspecified atom stereocenters. The van der Waals surface area contributed by atoms with Gasteiger partial charge in [0.25, 0.3) is 11.4 Å². The highest BCUT2D eigenvalue weighted by Gasteiger charge is 2.45. The molecule has 6 aromatic carbocycles. The molecule has 0 amide bonds. The van der Waals surface area contributed by atoms with Gasteiger partial charge in [-0.05, 0) is 33.9 Å². The van der Waals surface area contributed by atoms with Gasteiger partial charge in [0.15, 0.2) is 13.1 Å². The van der Waals surface area contributed by atoms with E-state index in [0.29, 0.717) is 0 Å². The summed E-state index contributed by atoms with van der Waals surface area (Å²) in [5.41, 5.74) is 10.9. The summed E-state index contributed by atoms with van der Waals surface area (Å²) in [7, 11) is 0. The lowest BCUT2D eigenvalue weighted by Crippen LogP contribution is -2.31. The quantitative estimate of drug-likeness (QED) is 0.202. The van der Waals surface area contributed by atoms with Crippen LogP contribution < -0.4 is 0 Å². The normalized spacial score (nSPS) is 19.5. The summed E-state index contributed by atoms with van der Waals surface area (Å²) in [6.45, 7) is 1.87. The van der Waals surface area contributed by atoms with E-state index < -0.39 is 0 Å². The van der Waals surface area contributed by atoms with Crippen molar-refractivity contribution in [2.24, 2.45) is 0 Å². The number of hydrogen-bond donors (Lipinski definition) is 0. The van der Waals surface area contributed by atoms with Crippen molar-refractivity contribution in [1.29, 1.82) is 0 Å². The Bertz CT molecular complexity index is 2040. The van der Waals surface area contributed by atoms with E-state index in [9.17, 15) is 0 Å². The van der Waals surface area contributed by atoms with E-state index in [4.69, 9.17) is 0 Å². The van der Waals surface area contributed by atoms with E-state index in [0.717, 1.165) is 19.5 Å². The summed E-state index contributed by atoms with van der Waals surface area (Å²) in [4.78, 5) is 0. The van der Waals surface area contributed by atoms with Crippen LogP contribution in [0.2, 0.25) is 0 Å². The van der Waals surface area contributed by atoms with Gasteiger partial charge in [0.05, 0.1) is 21.9 Å². The van der Waals surface area contributed by atoms with Crippen molar-refractivity contribution in [3.63, 3.8) is 0 Å². The molecule has 172 valence electrons. The Morgan fingerprint density at radius 1 is 0.432 bits per heavy atom. The minimum absolute atomic E-state index is 0.897. The van der Waals surface area contributed by atoms with Crippen LogP contribution in [0.1, 0.15) is 22.3 Å². The maximum absolute atomic E-state index is 2.61. The Hall–Kier alpha value is -4.56. The standard InChI is InChI=1S/C35H24N2/c1-7-22-12-5-17-29-31(22)25(9-1)19-20-36(29)34-27-15-3-10-24-11-4-16-28(33(24)27)35(34)37-21-26-14-2-8-23-13-6-18-30(37)32(23)26/h1-18H,19-21H2/q+2. The predicted molar refractivity (Wildman–Crippen MR) is 152 cm³/mol. The summed E-state index contributed by atoms with van der Waals surface area (Å²) in [5, 5.41) is 8.14. The molecule has 0 spiro atoms. The van der Waals surface area contributed by atoms with E-state index in [1.54, 1.807) is 0 Å². The molecular formula is C35H24N2+2. The minimum atomic E-state index is 0.897. The highest BCUT2D eigenvalue weighted by molar-refractivity contribution is 6.58. The highest BCUT2D eigenvalue weighted by atomic mass is 15.1. The molecule has 1 aliphatic carbocycles. The smallest absolute Gasteiger partial charge is 0.185 e. The van der Waals surface area contributed by atoms with Crippen LogP contribution >= 0.6 is 0 Å². The van der Waals surface area contributed by atoms with Crippen molar-refractivity contribution in [3.8, 4) is 0 Å². The van der Waals surface area contributed by atoms with Crippen molar-refractivity contribution < 1.29 is 9.15 Å². The van der Waals surface area contributed by atoms with Crippen molar-refractivity contribution in [2.45, 2.75) is 13.0 Å². The third-order valence-corrected chi connectivity index (χ3v) is 8.63. The van der Waals surface area contributed by atoms with E-state index >= 15 is 0 Å². The number of hydrogen-bond acceptors (Lipinski definition) is 0. The van der Waals surface area contributed by atoms with Gasteiger partial charge in [0.1, 0.15) is 0 Å². The monoisotopic (exact) mass is 472 g/mol. The van der Waals surface area contributed by atoms with Crippen LogP contribution in [-0.4, -0.2) is 27.1 Å². The zero-order valence-corrected chi connectivity index (χ0v) is 20.4. The Labute approximate surface area is 215 Å². The second-order valence-electron chi connectivity index (χ2n) is 10.5. The van der Waals surface area contributed by atoms with Crippen molar-refractivity contribution in [3.05, 3.63) is 131 Å². The molecule has 2 nitrogen and oxygen atoms in total. The lowest BCUT2D eigenvalue weighted by atomic mass is 9.96. The molecule has 2 heterocycles. The molecule has 0 N–H and O–H groups in total. The second kappa shape index (κ2) is 7.02. The SMILES string of the molecule is c1cc2c3c(cccc3c1)C(=[N+]1Cc3cccc4cccc1c34)C2=[N+]1CCc2cccc3cccc1c23. The van der Waals surface area contributed by atoms with E-state index in [-0.39, 0.29) is 0 Å². The van der Waals surface area contributed by atoms with Crippen LogP contribution in [0.25, 0.3) is 32.3 Å². The molecule has 0 saturated heterocycles. The molecule has 37 heavy (non-hydrogen) atoms. The first-order valence-electron chi connectivity index (χ1n) is 13.2. The van der Waals surface area contributed by atoms with Gasteiger partial charge < -0.3 is 0 Å². The molecule has 0 radical (unpaired) electrons. The van der Waals surface area contributed by atoms with Gasteiger partial charge in [-0.3, -0.25) is 0 Å². The molecule has 3 aliphatic rings. The average Bonchev–Trinajstić information content (AvgIpc) is 3.48. The Kier molecular flexibility index (Phi) is 3.72. The molecule has 9 rings (SSSR count). The van der Waals surface area contributed by atoms with Crippen LogP contribution in [0, 0.1) is 0 Å². The summed E-state index contributed by atoms with van der Waals surface area (Å²) in [6.07, 6.45) is 1.05. The maximum atomic E-state index is 2.61. The summed E-state index contributed by atoms with van der Waals surface area (Å²) in [5.74, 6) is 0. The topological polar surface area (TPSA) is 6.02 Å². The summed E-state index contributed by atoms with van der Waals surface area (Å²) >= 11 is 0. The third kappa shape index (κ3) is 2.50. The van der Waals surface area contributed by atoms with Gasteiger partial charge in [-0.2, -0.15) is 9.15 Å². The summed E-state index contributed by atoms with van der Waals surface area (Å²) in [6, 6.07) is 40.7. The average molecular weight is 473 g/mol. The van der Waals surface area contributed by atoms with Crippen molar-refractivity contribution in [2.75, 3.05) is 6.54 Å². The number of rotatable bonds is 0. The molecular weight excluding hydrogens is 448 g/mol. The Morgan fingerprint density at radius 3 is 1.59 bits per heavy atom.